The molecule has 1 rings (SSSR count). The van der Waals surface area contributed by atoms with Crippen molar-refractivity contribution in [1.82, 2.24) is 0 Å². The van der Waals surface area contributed by atoms with Gasteiger partial charge in [-0.2, -0.15) is 0 Å². The Morgan fingerprint density at radius 1 is 1.42 bits per heavy atom. The molecule has 0 bridgehead atoms. The lowest BCUT2D eigenvalue weighted by Gasteiger charge is -2.17. The fourth-order valence-electron chi connectivity index (χ4n) is 1.81. The molecule has 0 saturated carbocycles. The largest absolute Gasteiger partial charge is 0.480 e. The van der Waals surface area contributed by atoms with Crippen molar-refractivity contribution in [2.75, 3.05) is 0 Å². The van der Waals surface area contributed by atoms with E-state index in [2.05, 4.69) is 0 Å². The lowest BCUT2D eigenvalue weighted by Crippen LogP contribution is -2.35. The quantitative estimate of drug-likeness (QED) is 0.907. The summed E-state index contributed by atoms with van der Waals surface area (Å²) in [6.45, 7) is 3.01. The Bertz CT molecular complexity index is 583. The van der Waals surface area contributed by atoms with Gasteiger partial charge in [0.15, 0.2) is 15.1 Å². The first-order valence-corrected chi connectivity index (χ1v) is 7.63. The maximum atomic E-state index is 13.1. The summed E-state index contributed by atoms with van der Waals surface area (Å²) in [7, 11) is -3.96. The van der Waals surface area contributed by atoms with Gasteiger partial charge in [-0.25, -0.2) is 12.8 Å². The molecule has 0 heterocycles. The average molecular weight is 309 g/mol. The molecule has 1 aromatic rings. The highest BCUT2D eigenvalue weighted by molar-refractivity contribution is 7.92. The van der Waals surface area contributed by atoms with E-state index < -0.39 is 38.5 Å². The van der Waals surface area contributed by atoms with Gasteiger partial charge in [-0.05, 0) is 29.7 Å². The number of hydrogen-bond donors (Lipinski definition) is 1. The highest BCUT2D eigenvalue weighted by Crippen LogP contribution is 2.23. The number of sulfone groups is 1. The van der Waals surface area contributed by atoms with E-state index in [4.69, 9.17) is 16.7 Å². The molecule has 4 nitrogen and oxygen atoms in total. The molecule has 1 N–H and O–H groups in total. The normalized spacial score (nSPS) is 13.5. The summed E-state index contributed by atoms with van der Waals surface area (Å²) in [5, 5.41) is 7.55. The monoisotopic (exact) mass is 308 g/mol. The molecule has 0 fully saturated rings. The van der Waals surface area contributed by atoms with Crippen molar-refractivity contribution in [3.8, 4) is 0 Å². The van der Waals surface area contributed by atoms with E-state index in [9.17, 15) is 17.6 Å². The van der Waals surface area contributed by atoms with Gasteiger partial charge in [0.25, 0.3) is 0 Å². The van der Waals surface area contributed by atoms with Gasteiger partial charge >= 0.3 is 5.97 Å². The Morgan fingerprint density at radius 3 is 2.47 bits per heavy atom. The molecule has 1 atom stereocenters. The van der Waals surface area contributed by atoms with Gasteiger partial charge in [-0.15, -0.1) is 0 Å². The highest BCUT2D eigenvalue weighted by Gasteiger charge is 2.35. The number of carbonyl (C=O) groups is 1. The minimum atomic E-state index is -3.96. The summed E-state index contributed by atoms with van der Waals surface area (Å²) < 4.78 is 37.2. The van der Waals surface area contributed by atoms with Crippen LogP contribution in [0.3, 0.4) is 0 Å². The van der Waals surface area contributed by atoms with Gasteiger partial charge in [0.1, 0.15) is 5.82 Å². The molecule has 1 aromatic carbocycles. The third kappa shape index (κ3) is 3.91. The molecule has 0 amide bonds. The Hall–Kier alpha value is -1.14. The predicted octanol–water partition coefficient (Wildman–Crippen LogP) is 2.50. The molecule has 0 aliphatic carbocycles. The SMILES string of the molecule is CC(C)C(C(=O)O)S(=O)(=O)Cc1cc(F)ccc1Cl. The van der Waals surface area contributed by atoms with Crippen LogP contribution >= 0.6 is 11.6 Å². The average Bonchev–Trinajstić information content (AvgIpc) is 2.21. The van der Waals surface area contributed by atoms with Gasteiger partial charge < -0.3 is 5.11 Å². The molecular formula is C12H14ClFO4S. The Kier molecular flexibility index (Phi) is 4.92. The van der Waals surface area contributed by atoms with Crippen LogP contribution in [-0.4, -0.2) is 24.7 Å². The Labute approximate surface area is 116 Å². The minimum absolute atomic E-state index is 0.0635. The van der Waals surface area contributed by atoms with Gasteiger partial charge in [0, 0.05) is 5.02 Å². The first-order valence-electron chi connectivity index (χ1n) is 5.53. The van der Waals surface area contributed by atoms with Crippen LogP contribution in [0.1, 0.15) is 19.4 Å². The second-order valence-electron chi connectivity index (χ2n) is 4.55. The van der Waals surface area contributed by atoms with Crippen molar-refractivity contribution in [1.29, 1.82) is 0 Å². The van der Waals surface area contributed by atoms with Crippen LogP contribution in [0.4, 0.5) is 4.39 Å². The van der Waals surface area contributed by atoms with Crippen molar-refractivity contribution in [3.63, 3.8) is 0 Å². The summed E-state index contributed by atoms with van der Waals surface area (Å²) in [6.07, 6.45) is 0. The van der Waals surface area contributed by atoms with Crippen molar-refractivity contribution in [2.45, 2.75) is 24.9 Å². The van der Waals surface area contributed by atoms with Crippen molar-refractivity contribution in [3.05, 3.63) is 34.6 Å². The number of carboxylic acid groups (broad SMARTS) is 1. The Balaban J connectivity index is 3.15. The minimum Gasteiger partial charge on any atom is -0.480 e. The van der Waals surface area contributed by atoms with Crippen LogP contribution in [0.2, 0.25) is 5.02 Å². The summed E-state index contributed by atoms with van der Waals surface area (Å²) in [5.74, 6) is -3.22. The van der Waals surface area contributed by atoms with Gasteiger partial charge in [-0.3, -0.25) is 4.79 Å². The molecule has 0 radical (unpaired) electrons. The topological polar surface area (TPSA) is 71.4 Å². The van der Waals surface area contributed by atoms with Crippen molar-refractivity contribution < 1.29 is 22.7 Å². The molecule has 0 aliphatic rings. The maximum Gasteiger partial charge on any atom is 0.322 e. The molecule has 0 aliphatic heterocycles. The van der Waals surface area contributed by atoms with Crippen LogP contribution in [0.15, 0.2) is 18.2 Å². The summed E-state index contributed by atoms with van der Waals surface area (Å²) in [6, 6.07) is 3.35. The molecule has 106 valence electrons. The van der Waals surface area contributed by atoms with Crippen LogP contribution in [0.5, 0.6) is 0 Å². The fraction of sp³-hybridized carbons (Fsp3) is 0.417. The lowest BCUT2D eigenvalue weighted by atomic mass is 10.1. The maximum absolute atomic E-state index is 13.1. The van der Waals surface area contributed by atoms with E-state index in [1.807, 2.05) is 0 Å². The summed E-state index contributed by atoms with van der Waals surface area (Å²) >= 11 is 5.79. The molecule has 1 unspecified atom stereocenters. The first kappa shape index (κ1) is 15.9. The summed E-state index contributed by atoms with van der Waals surface area (Å²) in [5.41, 5.74) is 0.0635. The number of hydrogen-bond acceptors (Lipinski definition) is 3. The van der Waals surface area contributed by atoms with Gasteiger partial charge in [-0.1, -0.05) is 25.4 Å². The number of halogens is 2. The highest BCUT2D eigenvalue weighted by atomic mass is 35.5. The molecule has 0 saturated heterocycles. The number of benzene rings is 1. The van der Waals surface area contributed by atoms with Crippen molar-refractivity contribution in [2.24, 2.45) is 5.92 Å². The molecule has 0 spiro atoms. The standard InChI is InChI=1S/C12H14ClFO4S/c1-7(2)11(12(15)16)19(17,18)6-8-5-9(14)3-4-10(8)13/h3-5,7,11H,6H2,1-2H3,(H,15,16). The first-order chi connectivity index (χ1) is 8.65. The number of carboxylic acids is 1. The molecule has 7 heteroatoms. The molecular weight excluding hydrogens is 295 g/mol. The molecule has 19 heavy (non-hydrogen) atoms. The van der Waals surface area contributed by atoms with E-state index in [1.165, 1.54) is 19.9 Å². The zero-order chi connectivity index (χ0) is 14.8. The van der Waals surface area contributed by atoms with E-state index in [1.54, 1.807) is 0 Å². The van der Waals surface area contributed by atoms with Crippen LogP contribution in [-0.2, 0) is 20.4 Å². The van der Waals surface area contributed by atoms with E-state index in [0.717, 1.165) is 12.1 Å². The fourth-order valence-corrected chi connectivity index (χ4v) is 4.07. The number of aliphatic carboxylic acids is 1. The zero-order valence-electron chi connectivity index (χ0n) is 10.4. The zero-order valence-corrected chi connectivity index (χ0v) is 12.0. The van der Waals surface area contributed by atoms with Gasteiger partial charge in [0.2, 0.25) is 0 Å². The van der Waals surface area contributed by atoms with Crippen LogP contribution in [0.25, 0.3) is 0 Å². The lowest BCUT2D eigenvalue weighted by molar-refractivity contribution is -0.137. The van der Waals surface area contributed by atoms with E-state index in [-0.39, 0.29) is 10.6 Å². The van der Waals surface area contributed by atoms with Crippen LogP contribution in [0, 0.1) is 11.7 Å². The Morgan fingerprint density at radius 2 is 2.00 bits per heavy atom. The third-order valence-electron chi connectivity index (χ3n) is 2.60. The van der Waals surface area contributed by atoms with Crippen molar-refractivity contribution >= 4 is 27.4 Å². The number of rotatable bonds is 5. The molecule has 0 aromatic heterocycles. The van der Waals surface area contributed by atoms with E-state index >= 15 is 0 Å². The van der Waals surface area contributed by atoms with Gasteiger partial charge in [0.05, 0.1) is 5.75 Å². The van der Waals surface area contributed by atoms with E-state index in [0.29, 0.717) is 0 Å². The second kappa shape index (κ2) is 5.88. The van der Waals surface area contributed by atoms with Crippen LogP contribution < -0.4 is 0 Å². The third-order valence-corrected chi connectivity index (χ3v) is 5.20. The second-order valence-corrected chi connectivity index (χ2v) is 7.08. The predicted molar refractivity (Wildman–Crippen MR) is 70.3 cm³/mol. The smallest absolute Gasteiger partial charge is 0.322 e. The summed E-state index contributed by atoms with van der Waals surface area (Å²) in [4.78, 5) is 11.0.